The monoisotopic (exact) mass is 518 g/mol. The molecule has 0 atom stereocenters. The van der Waals surface area contributed by atoms with E-state index in [-0.39, 0.29) is 16.5 Å². The van der Waals surface area contributed by atoms with Gasteiger partial charge in [0, 0.05) is 16.5 Å². The van der Waals surface area contributed by atoms with Gasteiger partial charge in [0.1, 0.15) is 0 Å². The molecule has 0 bridgehead atoms. The van der Waals surface area contributed by atoms with E-state index in [4.69, 9.17) is 9.98 Å². The van der Waals surface area contributed by atoms with Crippen molar-refractivity contribution in [3.63, 3.8) is 0 Å². The van der Waals surface area contributed by atoms with Crippen molar-refractivity contribution in [2.45, 2.75) is 119 Å². The van der Waals surface area contributed by atoms with Crippen molar-refractivity contribution in [3.8, 4) is 0 Å². The standard InChI is InChI=1S/C32H48N2.Ni/c1-7-13-18-32(34-30-23-27(16-10-4)20-28(24-30)17-11-5)31(12-6)33-29-21-25(14-8-2)19-26(22-29)15-9-3;/h19-24H,7-18H2,1-6H3;. The van der Waals surface area contributed by atoms with Crippen LogP contribution in [0.5, 0.6) is 0 Å². The molecule has 0 heterocycles. The summed E-state index contributed by atoms with van der Waals surface area (Å²) in [6, 6.07) is 13.9. The van der Waals surface area contributed by atoms with Crippen LogP contribution in [0.25, 0.3) is 0 Å². The maximum absolute atomic E-state index is 5.25. The van der Waals surface area contributed by atoms with Crippen LogP contribution in [0.2, 0.25) is 0 Å². The molecule has 0 amide bonds. The number of aryl methyl sites for hydroxylation is 4. The molecule has 3 heteroatoms. The molecule has 0 N–H and O–H groups in total. The van der Waals surface area contributed by atoms with Gasteiger partial charge >= 0.3 is 0 Å². The van der Waals surface area contributed by atoms with Gasteiger partial charge in [-0.05, 0) is 91.5 Å². The first kappa shape index (κ1) is 31.3. The Hall–Kier alpha value is -1.73. The van der Waals surface area contributed by atoms with Crippen molar-refractivity contribution in [1.82, 2.24) is 0 Å². The van der Waals surface area contributed by atoms with E-state index >= 15 is 0 Å². The molecule has 2 rings (SSSR count). The first-order chi connectivity index (χ1) is 16.6. The smallest absolute Gasteiger partial charge is 0.0639 e. The average Bonchev–Trinajstić information content (AvgIpc) is 2.81. The third-order valence-electron chi connectivity index (χ3n) is 6.19. The predicted octanol–water partition coefficient (Wildman–Crippen LogP) is 9.94. The van der Waals surface area contributed by atoms with E-state index in [9.17, 15) is 0 Å². The molecule has 2 aromatic carbocycles. The van der Waals surface area contributed by atoms with Crippen molar-refractivity contribution in [1.29, 1.82) is 0 Å². The van der Waals surface area contributed by atoms with E-state index in [0.29, 0.717) is 0 Å². The zero-order valence-corrected chi connectivity index (χ0v) is 24.1. The summed E-state index contributed by atoms with van der Waals surface area (Å²) in [5.74, 6) is 0. The van der Waals surface area contributed by atoms with Crippen LogP contribution < -0.4 is 0 Å². The molecule has 0 radical (unpaired) electrons. The quantitative estimate of drug-likeness (QED) is 0.165. The molecule has 0 saturated heterocycles. The second kappa shape index (κ2) is 17.7. The predicted molar refractivity (Wildman–Crippen MR) is 153 cm³/mol. The Morgan fingerprint density at radius 1 is 0.514 bits per heavy atom. The van der Waals surface area contributed by atoms with Crippen molar-refractivity contribution >= 4 is 22.8 Å². The number of nitrogens with zero attached hydrogens (tertiary/aromatic N) is 2. The zero-order valence-electron chi connectivity index (χ0n) is 23.2. The van der Waals surface area contributed by atoms with E-state index < -0.39 is 0 Å². The van der Waals surface area contributed by atoms with Crippen LogP contribution in [0.4, 0.5) is 11.4 Å². The summed E-state index contributed by atoms with van der Waals surface area (Å²) in [5.41, 5.74) is 10.1. The number of benzene rings is 2. The molecule has 0 unspecified atom stereocenters. The van der Waals surface area contributed by atoms with Crippen LogP contribution in [0.15, 0.2) is 46.4 Å². The van der Waals surface area contributed by atoms with Crippen LogP contribution in [0.3, 0.4) is 0 Å². The van der Waals surface area contributed by atoms with E-state index in [1.165, 1.54) is 34.4 Å². The van der Waals surface area contributed by atoms with E-state index in [1.807, 2.05) is 0 Å². The zero-order chi connectivity index (χ0) is 24.8. The normalized spacial score (nSPS) is 12.1. The third kappa shape index (κ3) is 10.8. The Morgan fingerprint density at radius 2 is 0.886 bits per heavy atom. The van der Waals surface area contributed by atoms with Gasteiger partial charge in [0.05, 0.1) is 22.8 Å². The van der Waals surface area contributed by atoms with E-state index in [2.05, 4.69) is 77.9 Å². The van der Waals surface area contributed by atoms with Gasteiger partial charge in [0.25, 0.3) is 0 Å². The molecular weight excluding hydrogens is 471 g/mol. The van der Waals surface area contributed by atoms with Crippen LogP contribution >= 0.6 is 0 Å². The van der Waals surface area contributed by atoms with Crippen LogP contribution in [0, 0.1) is 0 Å². The van der Waals surface area contributed by atoms with Gasteiger partial charge in [-0.25, -0.2) is 0 Å². The number of rotatable bonds is 15. The van der Waals surface area contributed by atoms with Gasteiger partial charge in [-0.15, -0.1) is 0 Å². The summed E-state index contributed by atoms with van der Waals surface area (Å²) in [6.45, 7) is 13.5. The molecule has 0 aliphatic heterocycles. The summed E-state index contributed by atoms with van der Waals surface area (Å²) < 4.78 is 0. The maximum atomic E-state index is 5.25. The summed E-state index contributed by atoms with van der Waals surface area (Å²) >= 11 is 0. The third-order valence-corrected chi connectivity index (χ3v) is 6.19. The molecule has 0 fully saturated rings. The van der Waals surface area contributed by atoms with Crippen molar-refractivity contribution in [2.75, 3.05) is 0 Å². The molecular formula is C32H48N2Ni. The van der Waals surface area contributed by atoms with Gasteiger partial charge in [-0.2, -0.15) is 0 Å². The summed E-state index contributed by atoms with van der Waals surface area (Å²) in [5, 5.41) is 0. The molecule has 0 aromatic heterocycles. The summed E-state index contributed by atoms with van der Waals surface area (Å²) in [4.78, 5) is 10.5. The molecule has 2 aromatic rings. The van der Waals surface area contributed by atoms with Gasteiger partial charge in [0.2, 0.25) is 0 Å². The minimum absolute atomic E-state index is 0. The largest absolute Gasteiger partial charge is 0.252 e. The first-order valence-corrected chi connectivity index (χ1v) is 14.0. The molecule has 0 spiro atoms. The topological polar surface area (TPSA) is 24.7 Å². The maximum Gasteiger partial charge on any atom is 0.0639 e. The first-order valence-electron chi connectivity index (χ1n) is 14.0. The Morgan fingerprint density at radius 3 is 1.20 bits per heavy atom. The van der Waals surface area contributed by atoms with Crippen LogP contribution in [0.1, 0.15) is 115 Å². The number of aliphatic imine (C=N–C) groups is 2. The Bertz CT molecular complexity index is 894. The fourth-order valence-electron chi connectivity index (χ4n) is 4.62. The number of hydrogen-bond acceptors (Lipinski definition) is 2. The van der Waals surface area contributed by atoms with Crippen molar-refractivity contribution < 1.29 is 16.5 Å². The van der Waals surface area contributed by atoms with Gasteiger partial charge in [0.15, 0.2) is 0 Å². The van der Waals surface area contributed by atoms with Gasteiger partial charge in [-0.3, -0.25) is 9.98 Å². The molecule has 0 aliphatic rings. The SMILES string of the molecule is CCCCC(=Nc1cc(CCC)cc(CCC)c1)C(CC)=Nc1cc(CCC)cc(CCC)c1.[Ni]. The molecule has 35 heavy (non-hydrogen) atoms. The van der Waals surface area contributed by atoms with Crippen molar-refractivity contribution in [3.05, 3.63) is 58.7 Å². The molecule has 0 saturated carbocycles. The van der Waals surface area contributed by atoms with Crippen molar-refractivity contribution in [2.24, 2.45) is 9.98 Å². The second-order valence-electron chi connectivity index (χ2n) is 9.59. The Labute approximate surface area is 226 Å². The van der Waals surface area contributed by atoms with E-state index in [1.54, 1.807) is 0 Å². The van der Waals surface area contributed by atoms with Gasteiger partial charge < -0.3 is 0 Å². The molecule has 2 nitrogen and oxygen atoms in total. The molecule has 196 valence electrons. The fraction of sp³-hybridized carbons (Fsp3) is 0.562. The minimum Gasteiger partial charge on any atom is -0.252 e. The van der Waals surface area contributed by atoms with Crippen LogP contribution in [-0.2, 0) is 42.2 Å². The Balaban J connectivity index is 0.00000612. The van der Waals surface area contributed by atoms with E-state index in [0.717, 1.165) is 87.7 Å². The summed E-state index contributed by atoms with van der Waals surface area (Å²) in [6.07, 6.45) is 13.3. The summed E-state index contributed by atoms with van der Waals surface area (Å²) in [7, 11) is 0. The Kier molecular flexibility index (Phi) is 15.8. The number of unbranched alkanes of at least 4 members (excludes halogenated alkanes) is 1. The van der Waals surface area contributed by atoms with Gasteiger partial charge in [-0.1, -0.05) is 85.8 Å². The number of hydrogen-bond donors (Lipinski definition) is 0. The van der Waals surface area contributed by atoms with Crippen LogP contribution in [-0.4, -0.2) is 11.4 Å². The second-order valence-corrected chi connectivity index (χ2v) is 9.59. The average molecular weight is 519 g/mol. The molecule has 0 aliphatic carbocycles. The fourth-order valence-corrected chi connectivity index (χ4v) is 4.62. The minimum atomic E-state index is 0.